The molecule has 0 spiro atoms. The van der Waals surface area contributed by atoms with Gasteiger partial charge < -0.3 is 9.84 Å². The highest BCUT2D eigenvalue weighted by Crippen LogP contribution is 2.19. The van der Waals surface area contributed by atoms with Crippen molar-refractivity contribution < 1.29 is 14.6 Å². The van der Waals surface area contributed by atoms with Crippen molar-refractivity contribution >= 4 is 5.97 Å². The van der Waals surface area contributed by atoms with Gasteiger partial charge in [-0.05, 0) is 44.5 Å². The predicted molar refractivity (Wildman–Crippen MR) is 67.1 cm³/mol. The van der Waals surface area contributed by atoms with Crippen LogP contribution in [0.15, 0.2) is 12.3 Å². The highest BCUT2D eigenvalue weighted by molar-refractivity contribution is 5.91. The van der Waals surface area contributed by atoms with E-state index >= 15 is 0 Å². The maximum atomic E-state index is 11.1. The van der Waals surface area contributed by atoms with Crippen molar-refractivity contribution in [3.05, 3.63) is 23.4 Å². The van der Waals surface area contributed by atoms with E-state index in [0.29, 0.717) is 12.2 Å². The van der Waals surface area contributed by atoms with Crippen molar-refractivity contribution in [1.29, 1.82) is 0 Å². The summed E-state index contributed by atoms with van der Waals surface area (Å²) in [5.41, 5.74) is 0.840. The van der Waals surface area contributed by atoms with Crippen molar-refractivity contribution in [2.45, 2.75) is 19.8 Å². The van der Waals surface area contributed by atoms with Gasteiger partial charge in [-0.3, -0.25) is 4.90 Å². The second-order valence-corrected chi connectivity index (χ2v) is 4.51. The molecule has 2 rings (SSSR count). The number of carboxylic acids is 1. The molecule has 1 saturated heterocycles. The lowest BCUT2D eigenvalue weighted by molar-refractivity contribution is 0.0689. The van der Waals surface area contributed by atoms with Crippen LogP contribution in [-0.4, -0.2) is 47.2 Å². The number of carbonyl (C=O) groups is 1. The number of carboxylic acid groups (broad SMARTS) is 1. The Morgan fingerprint density at radius 1 is 1.50 bits per heavy atom. The molecule has 0 aromatic carbocycles. The lowest BCUT2D eigenvalue weighted by atomic mass is 10.1. The standard InChI is InChI=1S/C13H18N2O3/c1-10-4-5-14-12(11(10)13(16)17)18-9-8-15-6-2-3-7-15/h4-5H,2-3,6-9H2,1H3,(H,16,17). The molecule has 18 heavy (non-hydrogen) atoms. The molecule has 0 amide bonds. The summed E-state index contributed by atoms with van der Waals surface area (Å²) >= 11 is 0. The van der Waals surface area contributed by atoms with Gasteiger partial charge in [0.05, 0.1) is 0 Å². The number of aryl methyl sites for hydroxylation is 1. The van der Waals surface area contributed by atoms with E-state index in [1.54, 1.807) is 19.2 Å². The summed E-state index contributed by atoms with van der Waals surface area (Å²) in [7, 11) is 0. The Bertz CT molecular complexity index is 428. The largest absolute Gasteiger partial charge is 0.477 e. The Morgan fingerprint density at radius 3 is 2.89 bits per heavy atom. The number of rotatable bonds is 5. The average molecular weight is 250 g/mol. The maximum absolute atomic E-state index is 11.1. The van der Waals surface area contributed by atoms with Crippen LogP contribution in [0.5, 0.6) is 5.88 Å². The molecule has 1 fully saturated rings. The average Bonchev–Trinajstić information content (AvgIpc) is 2.81. The van der Waals surface area contributed by atoms with E-state index in [1.807, 2.05) is 0 Å². The lowest BCUT2D eigenvalue weighted by Gasteiger charge is -2.15. The topological polar surface area (TPSA) is 62.7 Å². The Hall–Kier alpha value is -1.62. The molecule has 1 aliphatic rings. The van der Waals surface area contributed by atoms with E-state index in [2.05, 4.69) is 9.88 Å². The molecule has 1 aromatic rings. The summed E-state index contributed by atoms with van der Waals surface area (Å²) in [6.07, 6.45) is 4.05. The molecule has 0 aliphatic carbocycles. The molecule has 0 saturated carbocycles. The molecule has 5 nitrogen and oxygen atoms in total. The Balaban J connectivity index is 1.96. The lowest BCUT2D eigenvalue weighted by Crippen LogP contribution is -2.25. The Kier molecular flexibility index (Phi) is 4.15. The number of aromatic nitrogens is 1. The number of pyridine rings is 1. The van der Waals surface area contributed by atoms with Crippen molar-refractivity contribution in [1.82, 2.24) is 9.88 Å². The monoisotopic (exact) mass is 250 g/mol. The zero-order valence-corrected chi connectivity index (χ0v) is 10.6. The summed E-state index contributed by atoms with van der Waals surface area (Å²) in [6, 6.07) is 1.68. The fourth-order valence-electron chi connectivity index (χ4n) is 2.18. The molecule has 0 bridgehead atoms. The van der Waals surface area contributed by atoms with Crippen LogP contribution in [0.4, 0.5) is 0 Å². The molecule has 0 atom stereocenters. The van der Waals surface area contributed by atoms with Crippen LogP contribution in [0.3, 0.4) is 0 Å². The third kappa shape index (κ3) is 2.98. The quantitative estimate of drug-likeness (QED) is 0.859. The Labute approximate surface area is 106 Å². The summed E-state index contributed by atoms with van der Waals surface area (Å²) in [5, 5.41) is 9.13. The van der Waals surface area contributed by atoms with E-state index in [0.717, 1.165) is 19.6 Å². The van der Waals surface area contributed by atoms with E-state index in [1.165, 1.54) is 12.8 Å². The van der Waals surface area contributed by atoms with Crippen LogP contribution in [0.2, 0.25) is 0 Å². The number of aromatic carboxylic acids is 1. The Morgan fingerprint density at radius 2 is 2.22 bits per heavy atom. The number of likely N-dealkylation sites (tertiary alicyclic amines) is 1. The summed E-state index contributed by atoms with van der Waals surface area (Å²) in [6.45, 7) is 5.27. The summed E-state index contributed by atoms with van der Waals surface area (Å²) < 4.78 is 5.51. The molecule has 98 valence electrons. The van der Waals surface area contributed by atoms with Gasteiger partial charge in [-0.25, -0.2) is 9.78 Å². The summed E-state index contributed by atoms with van der Waals surface area (Å²) in [4.78, 5) is 17.5. The van der Waals surface area contributed by atoms with Crippen LogP contribution in [0.1, 0.15) is 28.8 Å². The van der Waals surface area contributed by atoms with Crippen molar-refractivity contribution in [3.63, 3.8) is 0 Å². The van der Waals surface area contributed by atoms with Gasteiger partial charge in [0.2, 0.25) is 5.88 Å². The normalized spacial score (nSPS) is 15.8. The zero-order valence-electron chi connectivity index (χ0n) is 10.6. The van der Waals surface area contributed by atoms with Gasteiger partial charge in [-0.15, -0.1) is 0 Å². The van der Waals surface area contributed by atoms with E-state index in [-0.39, 0.29) is 11.4 Å². The first kappa shape index (κ1) is 12.8. The fourth-order valence-corrected chi connectivity index (χ4v) is 2.18. The molecule has 2 heterocycles. The second kappa shape index (κ2) is 5.82. The predicted octanol–water partition coefficient (Wildman–Crippen LogP) is 1.56. The minimum absolute atomic E-state index is 0.166. The first-order chi connectivity index (χ1) is 8.68. The number of nitrogens with zero attached hydrogens (tertiary/aromatic N) is 2. The third-order valence-electron chi connectivity index (χ3n) is 3.18. The zero-order chi connectivity index (χ0) is 13.0. The van der Waals surface area contributed by atoms with Gasteiger partial charge >= 0.3 is 5.97 Å². The van der Waals surface area contributed by atoms with Gasteiger partial charge in [0.1, 0.15) is 12.2 Å². The summed E-state index contributed by atoms with van der Waals surface area (Å²) in [5.74, 6) is -0.765. The SMILES string of the molecule is Cc1ccnc(OCCN2CCCC2)c1C(=O)O. The highest BCUT2D eigenvalue weighted by atomic mass is 16.5. The van der Waals surface area contributed by atoms with Crippen LogP contribution < -0.4 is 4.74 Å². The smallest absolute Gasteiger partial charge is 0.341 e. The minimum Gasteiger partial charge on any atom is -0.477 e. The molecule has 0 radical (unpaired) electrons. The molecule has 0 unspecified atom stereocenters. The van der Waals surface area contributed by atoms with Gasteiger partial charge in [0.25, 0.3) is 0 Å². The molecule has 1 aromatic heterocycles. The van der Waals surface area contributed by atoms with Gasteiger partial charge in [0, 0.05) is 12.7 Å². The van der Waals surface area contributed by atoms with Gasteiger partial charge in [-0.2, -0.15) is 0 Å². The third-order valence-corrected chi connectivity index (χ3v) is 3.18. The number of hydrogen-bond donors (Lipinski definition) is 1. The van der Waals surface area contributed by atoms with E-state index in [4.69, 9.17) is 9.84 Å². The van der Waals surface area contributed by atoms with Crippen molar-refractivity contribution in [2.75, 3.05) is 26.2 Å². The highest BCUT2D eigenvalue weighted by Gasteiger charge is 2.16. The van der Waals surface area contributed by atoms with Gasteiger partial charge in [-0.1, -0.05) is 0 Å². The van der Waals surface area contributed by atoms with Crippen molar-refractivity contribution in [3.8, 4) is 5.88 Å². The minimum atomic E-state index is -0.989. The molecule has 5 heteroatoms. The molecular weight excluding hydrogens is 232 g/mol. The van der Waals surface area contributed by atoms with E-state index < -0.39 is 5.97 Å². The number of hydrogen-bond acceptors (Lipinski definition) is 4. The molecule has 1 aliphatic heterocycles. The molecular formula is C13H18N2O3. The van der Waals surface area contributed by atoms with Crippen LogP contribution in [0, 0.1) is 6.92 Å². The van der Waals surface area contributed by atoms with Crippen LogP contribution >= 0.6 is 0 Å². The second-order valence-electron chi connectivity index (χ2n) is 4.51. The van der Waals surface area contributed by atoms with Crippen LogP contribution in [0.25, 0.3) is 0 Å². The van der Waals surface area contributed by atoms with Crippen LogP contribution in [-0.2, 0) is 0 Å². The molecule has 1 N–H and O–H groups in total. The maximum Gasteiger partial charge on any atom is 0.341 e. The van der Waals surface area contributed by atoms with E-state index in [9.17, 15) is 4.79 Å². The fraction of sp³-hybridized carbons (Fsp3) is 0.538. The van der Waals surface area contributed by atoms with Crippen molar-refractivity contribution in [2.24, 2.45) is 0 Å². The first-order valence-corrected chi connectivity index (χ1v) is 6.22. The number of ether oxygens (including phenoxy) is 1. The first-order valence-electron chi connectivity index (χ1n) is 6.22. The van der Waals surface area contributed by atoms with Gasteiger partial charge in [0.15, 0.2) is 0 Å².